The summed E-state index contributed by atoms with van der Waals surface area (Å²) in [6.45, 7) is 0.519. The summed E-state index contributed by atoms with van der Waals surface area (Å²) in [7, 11) is 1.58. The van der Waals surface area contributed by atoms with Crippen LogP contribution in [0.4, 0.5) is 0 Å². The summed E-state index contributed by atoms with van der Waals surface area (Å²) < 4.78 is 9.89. The van der Waals surface area contributed by atoms with Crippen molar-refractivity contribution in [3.05, 3.63) is 28.2 Å². The third-order valence-electron chi connectivity index (χ3n) is 1.86. The van der Waals surface area contributed by atoms with Gasteiger partial charge in [0.2, 0.25) is 0 Å². The van der Waals surface area contributed by atoms with Gasteiger partial charge in [0.15, 0.2) is 5.75 Å². The molecule has 16 heavy (non-hydrogen) atoms. The van der Waals surface area contributed by atoms with Gasteiger partial charge in [-0.15, -0.1) is 0 Å². The van der Waals surface area contributed by atoms with E-state index in [0.717, 1.165) is 0 Å². The lowest BCUT2D eigenvalue weighted by Gasteiger charge is -2.07. The number of carbonyl (C=O) groups excluding carboxylic acids is 1. The van der Waals surface area contributed by atoms with Crippen LogP contribution in [0.3, 0.4) is 0 Å². The molecule has 0 aliphatic carbocycles. The summed E-state index contributed by atoms with van der Waals surface area (Å²) in [5.74, 6) is -0.152. The molecule has 0 aliphatic rings. The van der Waals surface area contributed by atoms with Crippen molar-refractivity contribution in [3.8, 4) is 5.75 Å². The van der Waals surface area contributed by atoms with E-state index in [9.17, 15) is 4.79 Å². The summed E-state index contributed by atoms with van der Waals surface area (Å²) in [6, 6.07) is 4.92. The predicted molar refractivity (Wildman–Crippen MR) is 63.2 cm³/mol. The van der Waals surface area contributed by atoms with Gasteiger partial charge in [-0.05, 0) is 18.6 Å². The molecule has 0 heterocycles. The molecule has 0 amide bonds. The maximum Gasteiger partial charge on any atom is 0.311 e. The zero-order chi connectivity index (χ0) is 12.0. The smallest absolute Gasteiger partial charge is 0.311 e. The molecular formula is C11H12Cl2O3. The van der Waals surface area contributed by atoms with Crippen LogP contribution in [0.5, 0.6) is 5.75 Å². The fraction of sp³-hybridized carbons (Fsp3) is 0.364. The molecule has 0 unspecified atom stereocenters. The minimum atomic E-state index is -0.368. The van der Waals surface area contributed by atoms with Crippen molar-refractivity contribution < 1.29 is 14.3 Å². The lowest BCUT2D eigenvalue weighted by molar-refractivity contribution is -0.134. The van der Waals surface area contributed by atoms with Crippen molar-refractivity contribution in [2.75, 3.05) is 13.7 Å². The third kappa shape index (κ3) is 4.00. The van der Waals surface area contributed by atoms with Gasteiger partial charge in [-0.1, -0.05) is 29.3 Å². The zero-order valence-corrected chi connectivity index (χ0v) is 10.3. The van der Waals surface area contributed by atoms with Gasteiger partial charge in [0, 0.05) is 20.1 Å². The summed E-state index contributed by atoms with van der Waals surface area (Å²) in [4.78, 5) is 11.4. The number of halogens is 2. The molecule has 0 saturated heterocycles. The highest BCUT2D eigenvalue weighted by Crippen LogP contribution is 2.32. The second kappa shape index (κ2) is 6.74. The standard InChI is InChI=1S/C11H12Cl2O3/c1-15-7-3-6-10(14)16-11-8(12)4-2-5-9(11)13/h2,4-5H,3,6-7H2,1H3. The molecule has 0 aromatic heterocycles. The Balaban J connectivity index is 2.56. The van der Waals surface area contributed by atoms with E-state index in [4.69, 9.17) is 32.7 Å². The van der Waals surface area contributed by atoms with Gasteiger partial charge in [-0.3, -0.25) is 4.79 Å². The number of hydrogen-bond donors (Lipinski definition) is 0. The maximum atomic E-state index is 11.4. The lowest BCUT2D eigenvalue weighted by atomic mass is 10.3. The number of carbonyl (C=O) groups is 1. The van der Waals surface area contributed by atoms with Crippen molar-refractivity contribution in [3.63, 3.8) is 0 Å². The predicted octanol–water partition coefficient (Wildman–Crippen LogP) is 3.33. The largest absolute Gasteiger partial charge is 0.423 e. The number of hydrogen-bond acceptors (Lipinski definition) is 3. The van der Waals surface area contributed by atoms with Crippen LogP contribution in [-0.2, 0) is 9.53 Å². The third-order valence-corrected chi connectivity index (χ3v) is 2.46. The van der Waals surface area contributed by atoms with Gasteiger partial charge < -0.3 is 9.47 Å². The highest BCUT2D eigenvalue weighted by molar-refractivity contribution is 6.37. The van der Waals surface area contributed by atoms with Crippen molar-refractivity contribution in [2.45, 2.75) is 12.8 Å². The van der Waals surface area contributed by atoms with Crippen LogP contribution in [0.25, 0.3) is 0 Å². The SMILES string of the molecule is COCCCC(=O)Oc1c(Cl)cccc1Cl. The van der Waals surface area contributed by atoms with E-state index in [1.165, 1.54) is 0 Å². The zero-order valence-electron chi connectivity index (χ0n) is 8.83. The second-order valence-corrected chi connectivity index (χ2v) is 3.94. The van der Waals surface area contributed by atoms with Crippen LogP contribution in [0.15, 0.2) is 18.2 Å². The summed E-state index contributed by atoms with van der Waals surface area (Å²) >= 11 is 11.7. The van der Waals surface area contributed by atoms with E-state index in [1.807, 2.05) is 0 Å². The van der Waals surface area contributed by atoms with Crippen LogP contribution in [-0.4, -0.2) is 19.7 Å². The molecule has 88 valence electrons. The quantitative estimate of drug-likeness (QED) is 0.464. The summed E-state index contributed by atoms with van der Waals surface area (Å²) in [5.41, 5.74) is 0. The first-order chi connectivity index (χ1) is 7.65. The molecule has 0 aliphatic heterocycles. The molecule has 0 saturated carbocycles. The van der Waals surface area contributed by atoms with E-state index in [1.54, 1.807) is 25.3 Å². The van der Waals surface area contributed by atoms with Gasteiger partial charge in [0.1, 0.15) is 0 Å². The molecule has 1 aromatic rings. The average molecular weight is 263 g/mol. The van der Waals surface area contributed by atoms with Gasteiger partial charge >= 0.3 is 5.97 Å². The van der Waals surface area contributed by atoms with Gasteiger partial charge in [-0.2, -0.15) is 0 Å². The van der Waals surface area contributed by atoms with Crippen LogP contribution >= 0.6 is 23.2 Å². The fourth-order valence-electron chi connectivity index (χ4n) is 1.11. The highest BCUT2D eigenvalue weighted by Gasteiger charge is 2.11. The molecular weight excluding hydrogens is 251 g/mol. The Hall–Kier alpha value is -0.770. The molecule has 3 nitrogen and oxygen atoms in total. The Labute approximate surface area is 104 Å². The lowest BCUT2D eigenvalue weighted by Crippen LogP contribution is -2.09. The van der Waals surface area contributed by atoms with E-state index in [0.29, 0.717) is 23.1 Å². The number of ether oxygens (including phenoxy) is 2. The minimum Gasteiger partial charge on any atom is -0.423 e. The Morgan fingerprint density at radius 1 is 1.31 bits per heavy atom. The van der Waals surface area contributed by atoms with Crippen LogP contribution < -0.4 is 4.74 Å². The Morgan fingerprint density at radius 2 is 1.94 bits per heavy atom. The Morgan fingerprint density at radius 3 is 2.50 bits per heavy atom. The molecule has 0 fully saturated rings. The maximum absolute atomic E-state index is 11.4. The van der Waals surface area contributed by atoms with E-state index >= 15 is 0 Å². The van der Waals surface area contributed by atoms with Gasteiger partial charge in [-0.25, -0.2) is 0 Å². The number of esters is 1. The minimum absolute atomic E-state index is 0.216. The van der Waals surface area contributed by atoms with E-state index < -0.39 is 0 Å². The monoisotopic (exact) mass is 262 g/mol. The van der Waals surface area contributed by atoms with E-state index in [-0.39, 0.29) is 18.1 Å². The van der Waals surface area contributed by atoms with Crippen LogP contribution in [0.2, 0.25) is 10.0 Å². The van der Waals surface area contributed by atoms with Crippen LogP contribution in [0, 0.1) is 0 Å². The van der Waals surface area contributed by atoms with Gasteiger partial charge in [0.05, 0.1) is 10.0 Å². The Bertz CT molecular complexity index is 346. The van der Waals surface area contributed by atoms with Crippen molar-refractivity contribution >= 4 is 29.2 Å². The molecule has 0 atom stereocenters. The average Bonchev–Trinajstić information content (AvgIpc) is 2.24. The molecule has 0 bridgehead atoms. The van der Waals surface area contributed by atoms with Crippen molar-refractivity contribution in [2.24, 2.45) is 0 Å². The Kier molecular flexibility index (Phi) is 5.60. The molecule has 0 spiro atoms. The topological polar surface area (TPSA) is 35.5 Å². The summed E-state index contributed by atoms with van der Waals surface area (Å²) in [5, 5.41) is 0.653. The summed E-state index contributed by atoms with van der Waals surface area (Å²) in [6.07, 6.45) is 0.882. The number of benzene rings is 1. The normalized spacial score (nSPS) is 10.2. The van der Waals surface area contributed by atoms with Crippen molar-refractivity contribution in [1.29, 1.82) is 0 Å². The molecule has 1 aromatic carbocycles. The van der Waals surface area contributed by atoms with Crippen molar-refractivity contribution in [1.82, 2.24) is 0 Å². The molecule has 1 rings (SSSR count). The second-order valence-electron chi connectivity index (χ2n) is 3.12. The molecule has 5 heteroatoms. The number of para-hydroxylation sites is 1. The first-order valence-corrected chi connectivity index (χ1v) is 5.54. The molecule has 0 N–H and O–H groups in total. The van der Waals surface area contributed by atoms with Crippen LogP contribution in [0.1, 0.15) is 12.8 Å². The highest BCUT2D eigenvalue weighted by atomic mass is 35.5. The first kappa shape index (κ1) is 13.3. The van der Waals surface area contributed by atoms with E-state index in [2.05, 4.69) is 0 Å². The van der Waals surface area contributed by atoms with Gasteiger partial charge in [0.25, 0.3) is 0 Å². The number of methoxy groups -OCH3 is 1. The molecule has 0 radical (unpaired) electrons. The first-order valence-electron chi connectivity index (χ1n) is 4.78. The number of rotatable bonds is 5. The fourth-order valence-corrected chi connectivity index (χ4v) is 1.58.